The summed E-state index contributed by atoms with van der Waals surface area (Å²) in [5.41, 5.74) is 1.34. The molecule has 2 N–H and O–H groups in total. The van der Waals surface area contributed by atoms with Gasteiger partial charge < -0.3 is 15.2 Å². The first-order valence-electron chi connectivity index (χ1n) is 7.92. The second-order valence-electron chi connectivity index (χ2n) is 6.07. The highest BCUT2D eigenvalue weighted by atomic mass is 16.5. The molecule has 0 amide bonds. The summed E-state index contributed by atoms with van der Waals surface area (Å²) in [6.45, 7) is 6.21. The van der Waals surface area contributed by atoms with Gasteiger partial charge in [0, 0.05) is 25.1 Å². The highest BCUT2D eigenvalue weighted by Crippen LogP contribution is 2.35. The molecule has 116 valence electrons. The van der Waals surface area contributed by atoms with E-state index in [9.17, 15) is 5.11 Å². The number of benzene rings is 1. The first-order valence-corrected chi connectivity index (χ1v) is 7.92. The van der Waals surface area contributed by atoms with Crippen molar-refractivity contribution in [2.75, 3.05) is 19.8 Å². The molecule has 1 fully saturated rings. The van der Waals surface area contributed by atoms with Gasteiger partial charge in [-0.05, 0) is 30.5 Å². The standard InChI is InChI=1S/C18H27NO2/c1-2-12-21-17-8-6-16(7-9-17)13-19-14-18(15-20)10-4-3-5-11-18/h2,6-9,19-20H,1,3-5,10-15H2. The van der Waals surface area contributed by atoms with E-state index in [1.165, 1.54) is 24.8 Å². The molecule has 1 aliphatic rings. The number of aliphatic hydroxyl groups excluding tert-OH is 1. The van der Waals surface area contributed by atoms with Gasteiger partial charge in [-0.3, -0.25) is 0 Å². The zero-order valence-electron chi connectivity index (χ0n) is 12.8. The second-order valence-corrected chi connectivity index (χ2v) is 6.07. The quantitative estimate of drug-likeness (QED) is 0.722. The van der Waals surface area contributed by atoms with Crippen molar-refractivity contribution >= 4 is 0 Å². The molecule has 0 radical (unpaired) electrons. The van der Waals surface area contributed by atoms with Crippen molar-refractivity contribution < 1.29 is 9.84 Å². The van der Waals surface area contributed by atoms with Gasteiger partial charge >= 0.3 is 0 Å². The monoisotopic (exact) mass is 289 g/mol. The van der Waals surface area contributed by atoms with Crippen LogP contribution >= 0.6 is 0 Å². The minimum Gasteiger partial charge on any atom is -0.490 e. The molecule has 0 aliphatic heterocycles. The van der Waals surface area contributed by atoms with E-state index in [4.69, 9.17) is 4.74 Å². The maximum Gasteiger partial charge on any atom is 0.119 e. The van der Waals surface area contributed by atoms with Gasteiger partial charge in [0.2, 0.25) is 0 Å². The molecule has 3 heteroatoms. The smallest absolute Gasteiger partial charge is 0.119 e. The summed E-state index contributed by atoms with van der Waals surface area (Å²) in [5.74, 6) is 0.873. The van der Waals surface area contributed by atoms with Crippen molar-refractivity contribution in [2.24, 2.45) is 5.41 Å². The van der Waals surface area contributed by atoms with Gasteiger partial charge in [0.25, 0.3) is 0 Å². The van der Waals surface area contributed by atoms with Crippen LogP contribution in [-0.2, 0) is 6.54 Å². The van der Waals surface area contributed by atoms with E-state index in [0.717, 1.165) is 31.7 Å². The van der Waals surface area contributed by atoms with Crippen molar-refractivity contribution in [2.45, 2.75) is 38.6 Å². The first kappa shape index (κ1) is 16.1. The van der Waals surface area contributed by atoms with E-state index in [1.807, 2.05) is 12.1 Å². The first-order chi connectivity index (χ1) is 10.3. The molecule has 1 aliphatic carbocycles. The van der Waals surface area contributed by atoms with Gasteiger partial charge in [0.05, 0.1) is 0 Å². The number of hydrogen-bond acceptors (Lipinski definition) is 3. The van der Waals surface area contributed by atoms with Gasteiger partial charge in [0.1, 0.15) is 12.4 Å². The van der Waals surface area contributed by atoms with Crippen LogP contribution in [0.25, 0.3) is 0 Å². The van der Waals surface area contributed by atoms with Crippen LogP contribution in [0.15, 0.2) is 36.9 Å². The maximum absolute atomic E-state index is 9.69. The Kier molecular flexibility index (Phi) is 6.27. The van der Waals surface area contributed by atoms with Crippen molar-refractivity contribution in [3.05, 3.63) is 42.5 Å². The van der Waals surface area contributed by atoms with Gasteiger partial charge in [-0.1, -0.05) is 44.1 Å². The van der Waals surface area contributed by atoms with Gasteiger partial charge in [-0.25, -0.2) is 0 Å². The van der Waals surface area contributed by atoms with Crippen LogP contribution in [0.5, 0.6) is 5.75 Å². The van der Waals surface area contributed by atoms with Crippen molar-refractivity contribution in [3.8, 4) is 5.75 Å². The zero-order valence-corrected chi connectivity index (χ0v) is 12.8. The Bertz CT molecular complexity index is 421. The molecule has 3 nitrogen and oxygen atoms in total. The van der Waals surface area contributed by atoms with Crippen LogP contribution < -0.4 is 10.1 Å². The summed E-state index contributed by atoms with van der Waals surface area (Å²) >= 11 is 0. The van der Waals surface area contributed by atoms with Crippen molar-refractivity contribution in [1.29, 1.82) is 0 Å². The summed E-state index contributed by atoms with van der Waals surface area (Å²) in [6, 6.07) is 8.14. The second kappa shape index (κ2) is 8.20. The number of ether oxygens (including phenoxy) is 1. The average Bonchev–Trinajstić information content (AvgIpc) is 2.55. The predicted octanol–water partition coefficient (Wildman–Crippen LogP) is 3.28. The van der Waals surface area contributed by atoms with E-state index in [1.54, 1.807) is 6.08 Å². The van der Waals surface area contributed by atoms with Crippen LogP contribution in [0.4, 0.5) is 0 Å². The number of nitrogens with one attached hydrogen (secondary N) is 1. The molecule has 21 heavy (non-hydrogen) atoms. The minimum absolute atomic E-state index is 0.102. The van der Waals surface area contributed by atoms with Gasteiger partial charge in [-0.2, -0.15) is 0 Å². The van der Waals surface area contributed by atoms with E-state index in [0.29, 0.717) is 13.2 Å². The fraction of sp³-hybridized carbons (Fsp3) is 0.556. The lowest BCUT2D eigenvalue weighted by molar-refractivity contribution is 0.0810. The Labute approximate surface area is 128 Å². The topological polar surface area (TPSA) is 41.5 Å². The van der Waals surface area contributed by atoms with E-state index in [-0.39, 0.29) is 5.41 Å². The lowest BCUT2D eigenvalue weighted by Gasteiger charge is -2.35. The van der Waals surface area contributed by atoms with Gasteiger partial charge in [0.15, 0.2) is 0 Å². The molecule has 1 saturated carbocycles. The van der Waals surface area contributed by atoms with Crippen LogP contribution in [0.1, 0.15) is 37.7 Å². The SMILES string of the molecule is C=CCOc1ccc(CNCC2(CO)CCCCC2)cc1. The summed E-state index contributed by atoms with van der Waals surface area (Å²) in [7, 11) is 0. The molecular weight excluding hydrogens is 262 g/mol. The Morgan fingerprint density at radius 2 is 1.90 bits per heavy atom. The lowest BCUT2D eigenvalue weighted by Crippen LogP contribution is -2.38. The highest BCUT2D eigenvalue weighted by Gasteiger charge is 2.30. The fourth-order valence-electron chi connectivity index (χ4n) is 3.02. The third kappa shape index (κ3) is 4.87. The van der Waals surface area contributed by atoms with Crippen molar-refractivity contribution in [1.82, 2.24) is 5.32 Å². The Morgan fingerprint density at radius 3 is 2.52 bits per heavy atom. The number of rotatable bonds is 8. The molecule has 0 spiro atoms. The molecule has 0 atom stereocenters. The summed E-state index contributed by atoms with van der Waals surface area (Å²) < 4.78 is 5.47. The third-order valence-corrected chi connectivity index (χ3v) is 4.37. The largest absolute Gasteiger partial charge is 0.490 e. The normalized spacial score (nSPS) is 17.4. The van der Waals surface area contributed by atoms with E-state index in [2.05, 4.69) is 24.0 Å². The molecule has 1 aromatic rings. The van der Waals surface area contributed by atoms with Gasteiger partial charge in [-0.15, -0.1) is 0 Å². The van der Waals surface area contributed by atoms with Crippen LogP contribution in [0.2, 0.25) is 0 Å². The molecular formula is C18H27NO2. The zero-order chi connectivity index (χ0) is 15.0. The lowest BCUT2D eigenvalue weighted by atomic mass is 9.74. The van der Waals surface area contributed by atoms with Crippen LogP contribution in [0, 0.1) is 5.41 Å². The molecule has 0 bridgehead atoms. The summed E-state index contributed by atoms with van der Waals surface area (Å²) in [5, 5.41) is 13.2. The van der Waals surface area contributed by atoms with Crippen LogP contribution in [-0.4, -0.2) is 24.9 Å². The van der Waals surface area contributed by atoms with Crippen LogP contribution in [0.3, 0.4) is 0 Å². The Hall–Kier alpha value is -1.32. The average molecular weight is 289 g/mol. The molecule has 0 saturated heterocycles. The molecule has 1 aromatic carbocycles. The summed E-state index contributed by atoms with van der Waals surface area (Å²) in [4.78, 5) is 0. The molecule has 0 heterocycles. The maximum atomic E-state index is 9.69. The highest BCUT2D eigenvalue weighted by molar-refractivity contribution is 5.27. The fourth-order valence-corrected chi connectivity index (χ4v) is 3.02. The molecule has 2 rings (SSSR count). The Morgan fingerprint density at radius 1 is 1.19 bits per heavy atom. The third-order valence-electron chi connectivity index (χ3n) is 4.37. The summed E-state index contributed by atoms with van der Waals surface area (Å²) in [6.07, 6.45) is 7.84. The predicted molar refractivity (Wildman–Crippen MR) is 86.4 cm³/mol. The number of hydrogen-bond donors (Lipinski definition) is 2. The molecule has 0 aromatic heterocycles. The minimum atomic E-state index is 0.102. The van der Waals surface area contributed by atoms with E-state index >= 15 is 0 Å². The van der Waals surface area contributed by atoms with Crippen molar-refractivity contribution in [3.63, 3.8) is 0 Å². The molecule has 0 unspecified atom stereocenters. The number of aliphatic hydroxyl groups is 1. The Balaban J connectivity index is 1.78. The van der Waals surface area contributed by atoms with E-state index < -0.39 is 0 Å².